The van der Waals surface area contributed by atoms with Crippen molar-refractivity contribution < 1.29 is 23.1 Å². The van der Waals surface area contributed by atoms with Gasteiger partial charge in [0.1, 0.15) is 4.90 Å². The molecule has 1 aliphatic carbocycles. The average molecular weight is 384 g/mol. The van der Waals surface area contributed by atoms with Gasteiger partial charge in [0.25, 0.3) is 0 Å². The molecule has 1 saturated carbocycles. The maximum absolute atomic E-state index is 13.0. The van der Waals surface area contributed by atoms with E-state index in [1.807, 2.05) is 6.92 Å². The molecule has 26 heavy (non-hydrogen) atoms. The normalized spacial score (nSPS) is 17.5. The van der Waals surface area contributed by atoms with E-state index in [4.69, 9.17) is 4.74 Å². The van der Waals surface area contributed by atoms with E-state index in [9.17, 15) is 18.3 Å². The van der Waals surface area contributed by atoms with Gasteiger partial charge in [-0.05, 0) is 38.0 Å². The molecule has 0 amide bonds. The average Bonchev–Trinajstić information content (AvgIpc) is 2.83. The number of sulfonamides is 1. The summed E-state index contributed by atoms with van der Waals surface area (Å²) in [6, 6.07) is 3.87. The predicted molar refractivity (Wildman–Crippen MR) is 100 cm³/mol. The largest absolute Gasteiger partial charge is 0.478 e. The molecule has 1 aliphatic rings. The third-order valence-corrected chi connectivity index (χ3v) is 6.07. The second-order valence-electron chi connectivity index (χ2n) is 6.83. The lowest BCUT2D eigenvalue weighted by atomic mass is 10.1. The van der Waals surface area contributed by atoms with Crippen LogP contribution >= 0.6 is 0 Å². The van der Waals surface area contributed by atoms with E-state index in [0.29, 0.717) is 12.3 Å². The van der Waals surface area contributed by atoms with Gasteiger partial charge in [0, 0.05) is 19.2 Å². The minimum atomic E-state index is -3.84. The second kappa shape index (κ2) is 9.34. The van der Waals surface area contributed by atoms with Crippen molar-refractivity contribution in [3.8, 4) is 0 Å². The summed E-state index contributed by atoms with van der Waals surface area (Å²) in [5.74, 6) is -1.16. The van der Waals surface area contributed by atoms with Crippen LogP contribution < -0.4 is 10.0 Å². The summed E-state index contributed by atoms with van der Waals surface area (Å²) < 4.78 is 33.8. The van der Waals surface area contributed by atoms with E-state index in [0.717, 1.165) is 38.5 Å². The summed E-state index contributed by atoms with van der Waals surface area (Å²) in [5.41, 5.74) is 0.317. The van der Waals surface area contributed by atoms with Crippen LogP contribution in [0.25, 0.3) is 0 Å². The van der Waals surface area contributed by atoms with Crippen LogP contribution in [-0.2, 0) is 14.8 Å². The van der Waals surface area contributed by atoms with Gasteiger partial charge in [-0.3, -0.25) is 0 Å². The van der Waals surface area contributed by atoms with Crippen LogP contribution in [-0.4, -0.2) is 45.3 Å². The Balaban J connectivity index is 2.32. The van der Waals surface area contributed by atoms with Crippen molar-refractivity contribution in [2.45, 2.75) is 62.4 Å². The molecule has 0 heterocycles. The highest BCUT2D eigenvalue weighted by molar-refractivity contribution is 7.89. The molecule has 0 saturated heterocycles. The van der Waals surface area contributed by atoms with Gasteiger partial charge in [-0.1, -0.05) is 25.7 Å². The van der Waals surface area contributed by atoms with Gasteiger partial charge in [-0.2, -0.15) is 0 Å². The summed E-state index contributed by atoms with van der Waals surface area (Å²) >= 11 is 0. The molecule has 1 aromatic rings. The molecule has 1 aromatic carbocycles. The molecule has 0 unspecified atom stereocenters. The Bertz CT molecular complexity index is 712. The van der Waals surface area contributed by atoms with Crippen molar-refractivity contribution in [3.05, 3.63) is 23.8 Å². The van der Waals surface area contributed by atoms with Gasteiger partial charge in [-0.25, -0.2) is 17.9 Å². The Morgan fingerprint density at radius 2 is 1.92 bits per heavy atom. The van der Waals surface area contributed by atoms with Gasteiger partial charge in [0.05, 0.1) is 17.9 Å². The van der Waals surface area contributed by atoms with Crippen LogP contribution in [0.15, 0.2) is 23.1 Å². The first-order valence-electron chi connectivity index (χ1n) is 8.98. The number of benzene rings is 1. The number of rotatable bonds is 8. The number of carbonyl (C=O) groups is 1. The fourth-order valence-electron chi connectivity index (χ4n) is 3.23. The van der Waals surface area contributed by atoms with Crippen molar-refractivity contribution in [1.29, 1.82) is 0 Å². The number of anilines is 1. The van der Waals surface area contributed by atoms with Crippen LogP contribution in [0.1, 0.15) is 55.8 Å². The molecule has 0 spiro atoms. The van der Waals surface area contributed by atoms with Crippen LogP contribution in [0.4, 0.5) is 5.69 Å². The SMILES string of the molecule is COC[C@H](C)Nc1ccc(C(=O)O)cc1S(=O)(=O)NC1CCCCCC1. The van der Waals surface area contributed by atoms with Crippen LogP contribution in [0.2, 0.25) is 0 Å². The van der Waals surface area contributed by atoms with Crippen molar-refractivity contribution >= 4 is 21.7 Å². The van der Waals surface area contributed by atoms with Crippen molar-refractivity contribution in [2.75, 3.05) is 19.0 Å². The monoisotopic (exact) mass is 384 g/mol. The Morgan fingerprint density at radius 1 is 1.27 bits per heavy atom. The van der Waals surface area contributed by atoms with Crippen molar-refractivity contribution in [2.24, 2.45) is 0 Å². The van der Waals surface area contributed by atoms with E-state index in [2.05, 4.69) is 10.0 Å². The molecule has 8 heteroatoms. The number of ether oxygens (including phenoxy) is 1. The Kier molecular flexibility index (Phi) is 7.43. The molecule has 2 rings (SSSR count). The van der Waals surface area contributed by atoms with Gasteiger partial charge < -0.3 is 15.2 Å². The zero-order valence-electron chi connectivity index (χ0n) is 15.3. The van der Waals surface area contributed by atoms with Crippen molar-refractivity contribution in [1.82, 2.24) is 4.72 Å². The van der Waals surface area contributed by atoms with Crippen LogP contribution in [0, 0.1) is 0 Å². The van der Waals surface area contributed by atoms with E-state index in [1.165, 1.54) is 18.2 Å². The third kappa shape index (κ3) is 5.69. The van der Waals surface area contributed by atoms with Gasteiger partial charge in [0.2, 0.25) is 10.0 Å². The smallest absolute Gasteiger partial charge is 0.335 e. The Morgan fingerprint density at radius 3 is 2.50 bits per heavy atom. The molecule has 1 atom stereocenters. The lowest BCUT2D eigenvalue weighted by Crippen LogP contribution is -2.35. The van der Waals surface area contributed by atoms with Crippen LogP contribution in [0.5, 0.6) is 0 Å². The first kappa shape index (κ1) is 20.7. The van der Waals surface area contributed by atoms with Gasteiger partial charge in [-0.15, -0.1) is 0 Å². The molecule has 7 nitrogen and oxygen atoms in total. The summed E-state index contributed by atoms with van der Waals surface area (Å²) in [5, 5.41) is 12.3. The quantitative estimate of drug-likeness (QED) is 0.595. The number of nitrogens with one attached hydrogen (secondary N) is 2. The summed E-state index contributed by atoms with van der Waals surface area (Å²) in [4.78, 5) is 11.3. The number of hydrogen-bond donors (Lipinski definition) is 3. The zero-order chi connectivity index (χ0) is 19.2. The molecular weight excluding hydrogens is 356 g/mol. The lowest BCUT2D eigenvalue weighted by molar-refractivity contribution is 0.0696. The standard InChI is InChI=1S/C18H28N2O5S/c1-13(12-25-2)19-16-10-9-14(18(21)22)11-17(16)26(23,24)20-15-7-5-3-4-6-8-15/h9-11,13,15,19-20H,3-8,12H2,1-2H3,(H,21,22)/t13-/m0/s1. The summed E-state index contributed by atoms with van der Waals surface area (Å²) in [6.45, 7) is 2.26. The first-order chi connectivity index (χ1) is 12.3. The predicted octanol–water partition coefficient (Wildman–Crippen LogP) is 2.83. The highest BCUT2D eigenvalue weighted by atomic mass is 32.2. The minimum absolute atomic E-state index is 0.0374. The number of carboxylic acids is 1. The lowest BCUT2D eigenvalue weighted by Gasteiger charge is -2.21. The zero-order valence-corrected chi connectivity index (χ0v) is 16.1. The molecule has 146 valence electrons. The van der Waals surface area contributed by atoms with E-state index >= 15 is 0 Å². The minimum Gasteiger partial charge on any atom is -0.478 e. The highest BCUT2D eigenvalue weighted by Gasteiger charge is 2.25. The number of carboxylic acid groups (broad SMARTS) is 1. The molecule has 0 aliphatic heterocycles. The molecule has 0 bridgehead atoms. The number of hydrogen-bond acceptors (Lipinski definition) is 5. The van der Waals surface area contributed by atoms with E-state index in [1.54, 1.807) is 7.11 Å². The molecule has 0 radical (unpaired) electrons. The first-order valence-corrected chi connectivity index (χ1v) is 10.5. The second-order valence-corrected chi connectivity index (χ2v) is 8.51. The van der Waals surface area contributed by atoms with E-state index < -0.39 is 16.0 Å². The number of aromatic carboxylic acids is 1. The fourth-order valence-corrected chi connectivity index (χ4v) is 4.73. The van der Waals surface area contributed by atoms with E-state index in [-0.39, 0.29) is 22.5 Å². The molecule has 3 N–H and O–H groups in total. The maximum atomic E-state index is 13.0. The van der Waals surface area contributed by atoms with Crippen LogP contribution in [0.3, 0.4) is 0 Å². The van der Waals surface area contributed by atoms with Gasteiger partial charge in [0.15, 0.2) is 0 Å². The topological polar surface area (TPSA) is 105 Å². The summed E-state index contributed by atoms with van der Waals surface area (Å²) in [6.07, 6.45) is 5.85. The highest BCUT2D eigenvalue weighted by Crippen LogP contribution is 2.26. The Labute approximate surface area is 155 Å². The molecular formula is C18H28N2O5S. The summed E-state index contributed by atoms with van der Waals surface area (Å²) in [7, 11) is -2.27. The Hall–Kier alpha value is -1.64. The maximum Gasteiger partial charge on any atom is 0.335 e. The fraction of sp³-hybridized carbons (Fsp3) is 0.611. The van der Waals surface area contributed by atoms with Crippen molar-refractivity contribution in [3.63, 3.8) is 0 Å². The molecule has 1 fully saturated rings. The number of methoxy groups -OCH3 is 1. The molecule has 0 aromatic heterocycles. The van der Waals surface area contributed by atoms with Gasteiger partial charge >= 0.3 is 5.97 Å². The third-order valence-electron chi connectivity index (χ3n) is 4.51.